The van der Waals surface area contributed by atoms with Gasteiger partial charge < -0.3 is 10.1 Å². The summed E-state index contributed by atoms with van der Waals surface area (Å²) < 4.78 is 5.33. The van der Waals surface area contributed by atoms with Crippen molar-refractivity contribution in [3.05, 3.63) is 24.3 Å². The second-order valence-corrected chi connectivity index (χ2v) is 4.36. The van der Waals surface area contributed by atoms with E-state index in [1.165, 1.54) is 0 Å². The molecular weight excluding hydrogens is 216 g/mol. The van der Waals surface area contributed by atoms with E-state index in [0.29, 0.717) is 6.04 Å². The number of nitrogens with zero attached hydrogens (tertiary/aromatic N) is 3. The quantitative estimate of drug-likeness (QED) is 0.796. The molecule has 1 aliphatic heterocycles. The van der Waals surface area contributed by atoms with Gasteiger partial charge >= 0.3 is 0 Å². The molecule has 2 rings (SSSR count). The van der Waals surface area contributed by atoms with Crippen LogP contribution in [0.5, 0.6) is 0 Å². The molecule has 94 valence electrons. The van der Waals surface area contributed by atoms with E-state index in [2.05, 4.69) is 27.1 Å². The van der Waals surface area contributed by atoms with Crippen molar-refractivity contribution in [1.82, 2.24) is 20.2 Å². The molecule has 0 radical (unpaired) electrons. The molecule has 1 N–H and O–H groups in total. The minimum atomic E-state index is 0.442. The second-order valence-electron chi connectivity index (χ2n) is 4.36. The Labute approximate surface area is 102 Å². The molecule has 0 bridgehead atoms. The third-order valence-electron chi connectivity index (χ3n) is 2.86. The highest BCUT2D eigenvalue weighted by molar-refractivity contribution is 4.88. The zero-order valence-corrected chi connectivity index (χ0v) is 10.3. The Bertz CT molecular complexity index is 314. The van der Waals surface area contributed by atoms with Crippen molar-refractivity contribution in [1.29, 1.82) is 0 Å². The third-order valence-corrected chi connectivity index (χ3v) is 2.86. The van der Waals surface area contributed by atoms with Gasteiger partial charge in [-0.2, -0.15) is 0 Å². The number of nitrogens with one attached hydrogen (secondary N) is 1. The third kappa shape index (κ3) is 4.38. The van der Waals surface area contributed by atoms with Crippen LogP contribution in [-0.2, 0) is 11.3 Å². The number of ether oxygens (including phenoxy) is 1. The first kappa shape index (κ1) is 12.4. The lowest BCUT2D eigenvalue weighted by Gasteiger charge is -2.29. The monoisotopic (exact) mass is 236 g/mol. The lowest BCUT2D eigenvalue weighted by molar-refractivity contribution is 0.0343. The normalized spacial score (nSPS) is 19.1. The smallest absolute Gasteiger partial charge is 0.141 e. The second kappa shape index (κ2) is 6.64. The van der Waals surface area contributed by atoms with E-state index in [-0.39, 0.29) is 0 Å². The van der Waals surface area contributed by atoms with E-state index >= 15 is 0 Å². The molecule has 0 amide bonds. The van der Waals surface area contributed by atoms with E-state index in [4.69, 9.17) is 4.74 Å². The molecule has 5 heteroatoms. The Morgan fingerprint density at radius 2 is 2.06 bits per heavy atom. The van der Waals surface area contributed by atoms with Gasteiger partial charge in [0, 0.05) is 38.1 Å². The van der Waals surface area contributed by atoms with Crippen LogP contribution in [0.15, 0.2) is 18.5 Å². The Morgan fingerprint density at radius 3 is 2.76 bits per heavy atom. The molecule has 1 atom stereocenters. The van der Waals surface area contributed by atoms with E-state index < -0.39 is 0 Å². The van der Waals surface area contributed by atoms with Gasteiger partial charge in [0.25, 0.3) is 0 Å². The van der Waals surface area contributed by atoms with Crippen molar-refractivity contribution in [2.24, 2.45) is 0 Å². The highest BCUT2D eigenvalue weighted by Gasteiger charge is 2.13. The van der Waals surface area contributed by atoms with Crippen LogP contribution in [0.4, 0.5) is 0 Å². The van der Waals surface area contributed by atoms with Crippen molar-refractivity contribution in [3.63, 3.8) is 0 Å². The Hall–Kier alpha value is -1.04. The van der Waals surface area contributed by atoms with Gasteiger partial charge in [0.15, 0.2) is 0 Å². The maximum absolute atomic E-state index is 5.33. The van der Waals surface area contributed by atoms with Gasteiger partial charge in [-0.25, -0.2) is 9.97 Å². The van der Waals surface area contributed by atoms with Gasteiger partial charge in [0.1, 0.15) is 5.82 Å². The van der Waals surface area contributed by atoms with Crippen LogP contribution >= 0.6 is 0 Å². The van der Waals surface area contributed by atoms with Crippen LogP contribution in [0.2, 0.25) is 0 Å². The van der Waals surface area contributed by atoms with Crippen molar-refractivity contribution in [2.45, 2.75) is 19.5 Å². The molecular formula is C12H20N4O. The Balaban J connectivity index is 1.68. The molecule has 17 heavy (non-hydrogen) atoms. The molecule has 0 aliphatic carbocycles. The van der Waals surface area contributed by atoms with Crippen LogP contribution in [0.25, 0.3) is 0 Å². The number of hydrogen-bond acceptors (Lipinski definition) is 5. The molecule has 0 saturated carbocycles. The van der Waals surface area contributed by atoms with Crippen LogP contribution < -0.4 is 5.32 Å². The van der Waals surface area contributed by atoms with Crippen molar-refractivity contribution < 1.29 is 4.74 Å². The molecule has 1 unspecified atom stereocenters. The largest absolute Gasteiger partial charge is 0.379 e. The van der Waals surface area contributed by atoms with E-state index in [9.17, 15) is 0 Å². The minimum Gasteiger partial charge on any atom is -0.379 e. The van der Waals surface area contributed by atoms with Gasteiger partial charge in [-0.15, -0.1) is 0 Å². The van der Waals surface area contributed by atoms with Crippen LogP contribution in [0.1, 0.15) is 12.7 Å². The van der Waals surface area contributed by atoms with Gasteiger partial charge in [0.05, 0.1) is 19.8 Å². The van der Waals surface area contributed by atoms with Crippen LogP contribution in [0, 0.1) is 0 Å². The molecule has 1 aliphatic rings. The molecule has 0 aromatic carbocycles. The average Bonchev–Trinajstić information content (AvgIpc) is 2.39. The topological polar surface area (TPSA) is 50.3 Å². The molecule has 0 spiro atoms. The zero-order valence-electron chi connectivity index (χ0n) is 10.3. The number of hydrogen-bond donors (Lipinski definition) is 1. The van der Waals surface area contributed by atoms with Gasteiger partial charge in [0.2, 0.25) is 0 Å². The highest BCUT2D eigenvalue weighted by Crippen LogP contribution is 1.99. The molecule has 1 saturated heterocycles. The first-order valence-corrected chi connectivity index (χ1v) is 6.14. The maximum Gasteiger partial charge on any atom is 0.141 e. The number of aromatic nitrogens is 2. The summed E-state index contributed by atoms with van der Waals surface area (Å²) in [6, 6.07) is 2.28. The van der Waals surface area contributed by atoms with E-state index in [1.807, 2.05) is 6.07 Å². The standard InChI is InChI=1S/C12H20N4O/c1-11(10-16-5-7-17-8-6-16)15-9-12-13-3-2-4-14-12/h2-4,11,15H,5-10H2,1H3. The highest BCUT2D eigenvalue weighted by atomic mass is 16.5. The lowest BCUT2D eigenvalue weighted by atomic mass is 10.3. The van der Waals surface area contributed by atoms with Crippen molar-refractivity contribution >= 4 is 0 Å². The molecule has 1 aromatic rings. The van der Waals surface area contributed by atoms with Crippen LogP contribution in [-0.4, -0.2) is 53.8 Å². The predicted molar refractivity (Wildman–Crippen MR) is 65.6 cm³/mol. The zero-order chi connectivity index (χ0) is 11.9. The summed E-state index contributed by atoms with van der Waals surface area (Å²) in [5.41, 5.74) is 0. The van der Waals surface area contributed by atoms with E-state index in [0.717, 1.165) is 45.2 Å². The Morgan fingerprint density at radius 1 is 1.35 bits per heavy atom. The molecule has 5 nitrogen and oxygen atoms in total. The summed E-state index contributed by atoms with van der Waals surface area (Å²) in [7, 11) is 0. The lowest BCUT2D eigenvalue weighted by Crippen LogP contribution is -2.44. The summed E-state index contributed by atoms with van der Waals surface area (Å²) in [6.07, 6.45) is 3.55. The van der Waals surface area contributed by atoms with Crippen LogP contribution in [0.3, 0.4) is 0 Å². The predicted octanol–water partition coefficient (Wildman–Crippen LogP) is 0.287. The van der Waals surface area contributed by atoms with Gasteiger partial charge in [-0.1, -0.05) is 0 Å². The Kier molecular flexibility index (Phi) is 4.85. The number of rotatable bonds is 5. The number of morpholine rings is 1. The van der Waals surface area contributed by atoms with Gasteiger partial charge in [-0.05, 0) is 13.0 Å². The first-order valence-electron chi connectivity index (χ1n) is 6.14. The summed E-state index contributed by atoms with van der Waals surface area (Å²) in [5, 5.41) is 3.44. The van der Waals surface area contributed by atoms with Crippen molar-refractivity contribution in [2.75, 3.05) is 32.8 Å². The fourth-order valence-corrected chi connectivity index (χ4v) is 1.92. The summed E-state index contributed by atoms with van der Waals surface area (Å²) in [5.74, 6) is 0.848. The average molecular weight is 236 g/mol. The molecule has 2 heterocycles. The molecule has 1 aromatic heterocycles. The van der Waals surface area contributed by atoms with Gasteiger partial charge in [-0.3, -0.25) is 4.90 Å². The SMILES string of the molecule is CC(CN1CCOCC1)NCc1ncccn1. The summed E-state index contributed by atoms with van der Waals surface area (Å²) >= 11 is 0. The fraction of sp³-hybridized carbons (Fsp3) is 0.667. The van der Waals surface area contributed by atoms with Crippen molar-refractivity contribution in [3.8, 4) is 0 Å². The summed E-state index contributed by atoms with van der Waals surface area (Å²) in [4.78, 5) is 10.8. The maximum atomic E-state index is 5.33. The molecule has 1 fully saturated rings. The van der Waals surface area contributed by atoms with E-state index in [1.54, 1.807) is 12.4 Å². The minimum absolute atomic E-state index is 0.442. The fourth-order valence-electron chi connectivity index (χ4n) is 1.92. The summed E-state index contributed by atoms with van der Waals surface area (Å²) in [6.45, 7) is 7.76. The first-order chi connectivity index (χ1) is 8.34.